The van der Waals surface area contributed by atoms with Crippen LogP contribution in [0.5, 0.6) is 5.75 Å². The zero-order valence-electron chi connectivity index (χ0n) is 14.2. The van der Waals surface area contributed by atoms with Crippen molar-refractivity contribution in [3.05, 3.63) is 63.7 Å². The fourth-order valence-corrected chi connectivity index (χ4v) is 2.16. The average molecular weight is 327 g/mol. The van der Waals surface area contributed by atoms with Crippen molar-refractivity contribution in [1.29, 1.82) is 0 Å². The molecule has 2 aromatic carbocycles. The van der Waals surface area contributed by atoms with Crippen LogP contribution < -0.4 is 5.43 Å². The van der Waals surface area contributed by atoms with Gasteiger partial charge in [-0.05, 0) is 42.2 Å². The Morgan fingerprint density at radius 3 is 2.33 bits per heavy atom. The molecule has 6 heteroatoms. The second-order valence-electron chi connectivity index (χ2n) is 6.59. The van der Waals surface area contributed by atoms with Crippen molar-refractivity contribution < 1.29 is 10.0 Å². The van der Waals surface area contributed by atoms with E-state index in [1.165, 1.54) is 12.1 Å². The smallest absolute Gasteiger partial charge is 0.269 e. The first-order valence-corrected chi connectivity index (χ1v) is 7.57. The van der Waals surface area contributed by atoms with Crippen LogP contribution in [-0.4, -0.2) is 15.7 Å². The van der Waals surface area contributed by atoms with Crippen LogP contribution in [0.3, 0.4) is 0 Å². The molecule has 0 unspecified atom stereocenters. The van der Waals surface area contributed by atoms with Gasteiger partial charge in [0.25, 0.3) is 5.69 Å². The number of benzene rings is 2. The van der Waals surface area contributed by atoms with Gasteiger partial charge in [-0.15, -0.1) is 0 Å². The molecule has 0 aliphatic carbocycles. The molecule has 0 aliphatic heterocycles. The number of rotatable bonds is 4. The molecule has 0 aromatic heterocycles. The van der Waals surface area contributed by atoms with E-state index < -0.39 is 4.92 Å². The summed E-state index contributed by atoms with van der Waals surface area (Å²) in [6, 6.07) is 11.5. The molecule has 0 aliphatic rings. The van der Waals surface area contributed by atoms with E-state index in [1.807, 2.05) is 12.1 Å². The summed E-state index contributed by atoms with van der Waals surface area (Å²) in [6.45, 7) is 8.10. The molecule has 0 atom stereocenters. The highest BCUT2D eigenvalue weighted by molar-refractivity contribution is 6.01. The fourth-order valence-electron chi connectivity index (χ4n) is 2.16. The van der Waals surface area contributed by atoms with Crippen molar-refractivity contribution in [3.63, 3.8) is 0 Å². The molecule has 0 amide bonds. The summed E-state index contributed by atoms with van der Waals surface area (Å²) in [5.74, 6) is 0.162. The Bertz CT molecular complexity index is 775. The summed E-state index contributed by atoms with van der Waals surface area (Å²) >= 11 is 0. The van der Waals surface area contributed by atoms with Crippen molar-refractivity contribution in [2.24, 2.45) is 5.10 Å². The van der Waals surface area contributed by atoms with Gasteiger partial charge >= 0.3 is 0 Å². The molecule has 0 saturated heterocycles. The predicted octanol–water partition coefficient (Wildman–Crippen LogP) is 4.43. The van der Waals surface area contributed by atoms with E-state index in [-0.39, 0.29) is 16.9 Å². The van der Waals surface area contributed by atoms with E-state index in [1.54, 1.807) is 25.1 Å². The zero-order chi connectivity index (χ0) is 17.9. The van der Waals surface area contributed by atoms with Gasteiger partial charge in [0, 0.05) is 17.7 Å². The Kier molecular flexibility index (Phi) is 4.87. The highest BCUT2D eigenvalue weighted by atomic mass is 16.6. The number of nitrogens with one attached hydrogen (secondary N) is 1. The third kappa shape index (κ3) is 4.10. The van der Waals surface area contributed by atoms with Gasteiger partial charge in [0.1, 0.15) is 5.75 Å². The fraction of sp³-hybridized carbons (Fsp3) is 0.278. The summed E-state index contributed by atoms with van der Waals surface area (Å²) in [4.78, 5) is 10.2. The standard InChI is InChI=1S/C18H21N3O3/c1-12(16-11-13(18(2,3)4)5-10-17(16)22)19-20-14-6-8-15(9-7-14)21(23)24/h5-11,20,22H,1-4H3/b19-12-. The topological polar surface area (TPSA) is 87.8 Å². The van der Waals surface area contributed by atoms with Crippen LogP contribution in [0.4, 0.5) is 11.4 Å². The second-order valence-corrected chi connectivity index (χ2v) is 6.59. The number of phenolic OH excluding ortho intramolecular Hbond substituents is 1. The lowest BCUT2D eigenvalue weighted by Gasteiger charge is -2.20. The van der Waals surface area contributed by atoms with Crippen molar-refractivity contribution >= 4 is 17.1 Å². The maximum atomic E-state index is 10.6. The van der Waals surface area contributed by atoms with Crippen LogP contribution in [0.15, 0.2) is 47.6 Å². The first kappa shape index (κ1) is 17.5. The molecular weight excluding hydrogens is 306 g/mol. The number of hydrogen-bond donors (Lipinski definition) is 2. The first-order valence-electron chi connectivity index (χ1n) is 7.57. The van der Waals surface area contributed by atoms with E-state index >= 15 is 0 Å². The zero-order valence-corrected chi connectivity index (χ0v) is 14.2. The Balaban J connectivity index is 2.23. The maximum absolute atomic E-state index is 10.6. The molecule has 0 spiro atoms. The van der Waals surface area contributed by atoms with Gasteiger partial charge in [0.05, 0.1) is 16.3 Å². The lowest BCUT2D eigenvalue weighted by molar-refractivity contribution is -0.384. The van der Waals surface area contributed by atoms with Crippen LogP contribution in [-0.2, 0) is 5.41 Å². The van der Waals surface area contributed by atoms with Gasteiger partial charge in [-0.3, -0.25) is 15.5 Å². The minimum Gasteiger partial charge on any atom is -0.507 e. The van der Waals surface area contributed by atoms with Crippen molar-refractivity contribution in [3.8, 4) is 5.75 Å². The molecule has 126 valence electrons. The molecule has 2 rings (SSSR count). The molecule has 24 heavy (non-hydrogen) atoms. The van der Waals surface area contributed by atoms with Crippen LogP contribution in [0.1, 0.15) is 38.8 Å². The number of phenols is 1. The molecule has 0 fully saturated rings. The minimum absolute atomic E-state index is 0.0248. The summed E-state index contributed by atoms with van der Waals surface area (Å²) in [7, 11) is 0. The molecule has 0 saturated carbocycles. The molecular formula is C18H21N3O3. The maximum Gasteiger partial charge on any atom is 0.269 e. The molecule has 2 aromatic rings. The quantitative estimate of drug-likeness (QED) is 0.494. The summed E-state index contributed by atoms with van der Waals surface area (Å²) < 4.78 is 0. The van der Waals surface area contributed by atoms with Crippen molar-refractivity contribution in [1.82, 2.24) is 0 Å². The van der Waals surface area contributed by atoms with Gasteiger partial charge in [0.2, 0.25) is 0 Å². The normalized spacial score (nSPS) is 12.1. The summed E-state index contributed by atoms with van der Waals surface area (Å²) in [5, 5.41) is 25.0. The summed E-state index contributed by atoms with van der Waals surface area (Å²) in [5.41, 5.74) is 5.84. The third-order valence-corrected chi connectivity index (χ3v) is 3.68. The van der Waals surface area contributed by atoms with Gasteiger partial charge in [-0.25, -0.2) is 0 Å². The number of hydrazone groups is 1. The number of non-ortho nitro benzene ring substituents is 1. The van der Waals surface area contributed by atoms with Gasteiger partial charge in [-0.2, -0.15) is 5.10 Å². The lowest BCUT2D eigenvalue weighted by atomic mass is 9.85. The second kappa shape index (κ2) is 6.70. The van der Waals surface area contributed by atoms with E-state index in [0.29, 0.717) is 17.0 Å². The third-order valence-electron chi connectivity index (χ3n) is 3.68. The van der Waals surface area contributed by atoms with Crippen LogP contribution in [0.25, 0.3) is 0 Å². The molecule has 2 N–H and O–H groups in total. The number of hydrogen-bond acceptors (Lipinski definition) is 5. The van der Waals surface area contributed by atoms with Gasteiger partial charge < -0.3 is 5.11 Å². The van der Waals surface area contributed by atoms with E-state index in [9.17, 15) is 15.2 Å². The lowest BCUT2D eigenvalue weighted by Crippen LogP contribution is -2.12. The Labute approximate surface area is 141 Å². The molecule has 0 bridgehead atoms. The Hall–Kier alpha value is -2.89. The van der Waals surface area contributed by atoms with Crippen LogP contribution >= 0.6 is 0 Å². The van der Waals surface area contributed by atoms with Crippen molar-refractivity contribution in [2.75, 3.05) is 5.43 Å². The Morgan fingerprint density at radius 1 is 1.17 bits per heavy atom. The predicted molar refractivity (Wildman–Crippen MR) is 95.7 cm³/mol. The number of anilines is 1. The Morgan fingerprint density at radius 2 is 1.79 bits per heavy atom. The largest absolute Gasteiger partial charge is 0.507 e. The van der Waals surface area contributed by atoms with E-state index in [2.05, 4.69) is 31.3 Å². The molecule has 0 radical (unpaired) electrons. The van der Waals surface area contributed by atoms with Crippen LogP contribution in [0.2, 0.25) is 0 Å². The average Bonchev–Trinajstić information content (AvgIpc) is 2.52. The molecule has 6 nitrogen and oxygen atoms in total. The van der Waals surface area contributed by atoms with E-state index in [0.717, 1.165) is 5.56 Å². The van der Waals surface area contributed by atoms with Gasteiger partial charge in [0.15, 0.2) is 0 Å². The first-order chi connectivity index (χ1) is 11.2. The summed E-state index contributed by atoms with van der Waals surface area (Å²) in [6.07, 6.45) is 0. The minimum atomic E-state index is -0.450. The van der Waals surface area contributed by atoms with Gasteiger partial charge in [-0.1, -0.05) is 26.8 Å². The van der Waals surface area contributed by atoms with Crippen molar-refractivity contribution in [2.45, 2.75) is 33.1 Å². The highest BCUT2D eigenvalue weighted by Gasteiger charge is 2.16. The van der Waals surface area contributed by atoms with E-state index in [4.69, 9.17) is 0 Å². The number of nitrogens with zero attached hydrogens (tertiary/aromatic N) is 2. The SMILES string of the molecule is C/C(=N/Nc1ccc([N+](=O)[O-])cc1)c1cc(C(C)(C)C)ccc1O. The monoisotopic (exact) mass is 327 g/mol. The number of aromatic hydroxyl groups is 1. The number of nitro groups is 1. The van der Waals surface area contributed by atoms with Crippen LogP contribution in [0, 0.1) is 10.1 Å². The number of nitro benzene ring substituents is 1. The molecule has 0 heterocycles. The highest BCUT2D eigenvalue weighted by Crippen LogP contribution is 2.28.